The summed E-state index contributed by atoms with van der Waals surface area (Å²) in [6, 6.07) is 23.1. The first-order valence-corrected chi connectivity index (χ1v) is 11.9. The highest BCUT2D eigenvalue weighted by atomic mass is 16.5. The summed E-state index contributed by atoms with van der Waals surface area (Å²) in [6.07, 6.45) is -0.889. The number of carbonyl (C=O) groups is 4. The van der Waals surface area contributed by atoms with E-state index in [-0.39, 0.29) is 13.2 Å². The van der Waals surface area contributed by atoms with E-state index in [9.17, 15) is 19.2 Å². The lowest BCUT2D eigenvalue weighted by atomic mass is 9.96. The number of benzene rings is 3. The Hall–Kier alpha value is -4.54. The third-order valence-corrected chi connectivity index (χ3v) is 6.26. The van der Waals surface area contributed by atoms with Gasteiger partial charge in [-0.1, -0.05) is 91.0 Å². The van der Waals surface area contributed by atoms with Gasteiger partial charge in [-0.25, -0.2) is 9.69 Å². The standard InChI is InChI=1S/C28H28N4O6/c1-37-28(18-30-26(28)35)32(24(33)22(29)20-13-7-3-8-14-20)25(34)23(21-15-9-4-10-16-21)31-27(36)38-17-19-11-5-2-6-12-19/h2-16,22-23H,17-18,29H2,1H3,(H,30,35)(H,31,36)/t22-,23-,28?/m1/s1. The first-order valence-electron chi connectivity index (χ1n) is 11.9. The Kier molecular flexibility index (Phi) is 8.15. The minimum Gasteiger partial charge on any atom is -0.445 e. The molecule has 10 nitrogen and oxygen atoms in total. The number of nitrogens with zero attached hydrogens (tertiary/aromatic N) is 1. The molecule has 38 heavy (non-hydrogen) atoms. The van der Waals surface area contributed by atoms with E-state index in [1.165, 1.54) is 7.11 Å². The largest absolute Gasteiger partial charge is 0.445 e. The molecule has 3 atom stereocenters. The number of hydrogen-bond acceptors (Lipinski definition) is 7. The second kappa shape index (κ2) is 11.7. The van der Waals surface area contributed by atoms with Crippen LogP contribution in [0, 0.1) is 0 Å². The maximum absolute atomic E-state index is 14.1. The number of imide groups is 1. The highest BCUT2D eigenvalue weighted by Gasteiger charge is 2.58. The van der Waals surface area contributed by atoms with Gasteiger partial charge in [0.25, 0.3) is 17.7 Å². The van der Waals surface area contributed by atoms with Crippen LogP contribution in [0.25, 0.3) is 0 Å². The topological polar surface area (TPSA) is 140 Å². The molecular weight excluding hydrogens is 488 g/mol. The number of alkyl carbamates (subject to hydrolysis) is 1. The summed E-state index contributed by atoms with van der Waals surface area (Å²) in [5.41, 5.74) is 5.89. The molecule has 196 valence electrons. The molecule has 4 rings (SSSR count). The molecule has 3 aromatic carbocycles. The van der Waals surface area contributed by atoms with Gasteiger partial charge >= 0.3 is 6.09 Å². The van der Waals surface area contributed by atoms with E-state index in [1.807, 2.05) is 6.07 Å². The molecule has 0 spiro atoms. The predicted molar refractivity (Wildman–Crippen MR) is 137 cm³/mol. The average Bonchev–Trinajstić information content (AvgIpc) is 2.97. The van der Waals surface area contributed by atoms with Gasteiger partial charge in [0.2, 0.25) is 5.72 Å². The normalized spacial score (nSPS) is 17.8. The molecule has 1 heterocycles. The van der Waals surface area contributed by atoms with Gasteiger partial charge in [-0.05, 0) is 16.7 Å². The number of ether oxygens (including phenoxy) is 2. The highest BCUT2D eigenvalue weighted by molar-refractivity contribution is 6.08. The smallest absolute Gasteiger partial charge is 0.408 e. The molecule has 0 radical (unpaired) electrons. The van der Waals surface area contributed by atoms with Crippen molar-refractivity contribution in [3.05, 3.63) is 108 Å². The van der Waals surface area contributed by atoms with Crippen LogP contribution in [0.3, 0.4) is 0 Å². The zero-order valence-electron chi connectivity index (χ0n) is 20.7. The van der Waals surface area contributed by atoms with E-state index in [0.717, 1.165) is 5.56 Å². The van der Waals surface area contributed by atoms with E-state index < -0.39 is 41.6 Å². The Labute approximate surface area is 219 Å². The Morgan fingerprint density at radius 1 is 0.921 bits per heavy atom. The van der Waals surface area contributed by atoms with Crippen molar-refractivity contribution in [1.29, 1.82) is 0 Å². The maximum atomic E-state index is 14.1. The number of methoxy groups -OCH3 is 1. The van der Waals surface area contributed by atoms with Crippen molar-refractivity contribution >= 4 is 23.8 Å². The fourth-order valence-electron chi connectivity index (χ4n) is 4.10. The molecule has 0 aliphatic carbocycles. The Balaban J connectivity index is 1.66. The van der Waals surface area contributed by atoms with Crippen LogP contribution in [0.2, 0.25) is 0 Å². The van der Waals surface area contributed by atoms with E-state index in [4.69, 9.17) is 15.2 Å². The molecule has 1 saturated heterocycles. The first-order chi connectivity index (χ1) is 18.4. The van der Waals surface area contributed by atoms with Crippen LogP contribution in [0.5, 0.6) is 0 Å². The number of nitrogens with one attached hydrogen (secondary N) is 2. The third kappa shape index (κ3) is 5.41. The molecular formula is C28H28N4O6. The summed E-state index contributed by atoms with van der Waals surface area (Å²) < 4.78 is 10.8. The van der Waals surface area contributed by atoms with Crippen molar-refractivity contribution in [1.82, 2.24) is 15.5 Å². The van der Waals surface area contributed by atoms with Crippen molar-refractivity contribution in [3.8, 4) is 0 Å². The molecule has 1 aliphatic heterocycles. The van der Waals surface area contributed by atoms with Gasteiger partial charge in [0.1, 0.15) is 18.7 Å². The number of hydrogen-bond donors (Lipinski definition) is 3. The summed E-state index contributed by atoms with van der Waals surface area (Å²) in [5.74, 6) is -2.44. The SMILES string of the molecule is COC1(N(C(=O)[C@H](N)c2ccccc2)C(=O)[C@H](NC(=O)OCc2ccccc2)c2ccccc2)CNC1=O. The molecule has 1 aliphatic rings. The van der Waals surface area contributed by atoms with Gasteiger partial charge in [-0.15, -0.1) is 0 Å². The first kappa shape index (κ1) is 26.5. The number of nitrogens with two attached hydrogens (primary N) is 1. The minimum atomic E-state index is -1.93. The van der Waals surface area contributed by atoms with Crippen LogP contribution in [0.1, 0.15) is 28.8 Å². The van der Waals surface area contributed by atoms with Crippen LogP contribution >= 0.6 is 0 Å². The lowest BCUT2D eigenvalue weighted by molar-refractivity contribution is -0.201. The van der Waals surface area contributed by atoms with Crippen LogP contribution in [0.4, 0.5) is 4.79 Å². The van der Waals surface area contributed by atoms with Gasteiger partial charge in [-0.2, -0.15) is 0 Å². The van der Waals surface area contributed by atoms with Gasteiger partial charge in [0.05, 0.1) is 6.54 Å². The van der Waals surface area contributed by atoms with Gasteiger partial charge in [0.15, 0.2) is 0 Å². The van der Waals surface area contributed by atoms with E-state index in [2.05, 4.69) is 10.6 Å². The molecule has 10 heteroatoms. The van der Waals surface area contributed by atoms with Crippen molar-refractivity contribution < 1.29 is 28.7 Å². The lowest BCUT2D eigenvalue weighted by Crippen LogP contribution is -2.77. The quantitative estimate of drug-likeness (QED) is 0.293. The molecule has 3 aromatic rings. The molecule has 1 fully saturated rings. The predicted octanol–water partition coefficient (Wildman–Crippen LogP) is 2.18. The molecule has 0 bridgehead atoms. The van der Waals surface area contributed by atoms with Gasteiger partial charge < -0.3 is 25.8 Å². The van der Waals surface area contributed by atoms with Crippen molar-refractivity contribution in [3.63, 3.8) is 0 Å². The van der Waals surface area contributed by atoms with Crippen molar-refractivity contribution in [2.24, 2.45) is 5.73 Å². The number of amides is 4. The van der Waals surface area contributed by atoms with Crippen molar-refractivity contribution in [2.45, 2.75) is 24.4 Å². The summed E-state index contributed by atoms with van der Waals surface area (Å²) in [6.45, 7) is -0.171. The fraction of sp³-hybridized carbons (Fsp3) is 0.214. The molecule has 0 saturated carbocycles. The van der Waals surface area contributed by atoms with E-state index >= 15 is 0 Å². The molecule has 4 amide bonds. The molecule has 4 N–H and O–H groups in total. The summed E-state index contributed by atoms with van der Waals surface area (Å²) >= 11 is 0. The zero-order valence-corrected chi connectivity index (χ0v) is 20.7. The Bertz CT molecular complexity index is 1280. The van der Waals surface area contributed by atoms with Crippen LogP contribution in [-0.4, -0.2) is 48.1 Å². The molecule has 1 unspecified atom stereocenters. The third-order valence-electron chi connectivity index (χ3n) is 6.26. The lowest BCUT2D eigenvalue weighted by Gasteiger charge is -2.47. The van der Waals surface area contributed by atoms with Crippen LogP contribution in [0.15, 0.2) is 91.0 Å². The number of β-lactam (4-membered cyclic amide) rings is 1. The second-order valence-electron chi connectivity index (χ2n) is 8.62. The average molecular weight is 517 g/mol. The summed E-state index contributed by atoms with van der Waals surface area (Å²) in [5, 5.41) is 5.06. The van der Waals surface area contributed by atoms with Crippen molar-refractivity contribution in [2.75, 3.05) is 13.7 Å². The van der Waals surface area contributed by atoms with Gasteiger partial charge in [-0.3, -0.25) is 14.4 Å². The minimum absolute atomic E-state index is 0.0334. The Morgan fingerprint density at radius 2 is 1.47 bits per heavy atom. The zero-order chi connectivity index (χ0) is 27.1. The van der Waals surface area contributed by atoms with Crippen LogP contribution < -0.4 is 16.4 Å². The maximum Gasteiger partial charge on any atom is 0.408 e. The summed E-state index contributed by atoms with van der Waals surface area (Å²) in [4.78, 5) is 54.0. The second-order valence-corrected chi connectivity index (χ2v) is 8.62. The highest BCUT2D eigenvalue weighted by Crippen LogP contribution is 2.30. The van der Waals surface area contributed by atoms with Crippen LogP contribution in [-0.2, 0) is 30.5 Å². The Morgan fingerprint density at radius 3 is 1.97 bits per heavy atom. The number of rotatable bonds is 9. The van der Waals surface area contributed by atoms with E-state index in [0.29, 0.717) is 16.0 Å². The van der Waals surface area contributed by atoms with Gasteiger partial charge in [0, 0.05) is 7.11 Å². The molecule has 0 aromatic heterocycles. The monoisotopic (exact) mass is 516 g/mol. The number of carbonyl (C=O) groups excluding carboxylic acids is 4. The fourth-order valence-corrected chi connectivity index (χ4v) is 4.10. The summed E-state index contributed by atoms with van der Waals surface area (Å²) in [7, 11) is 1.22. The van der Waals surface area contributed by atoms with E-state index in [1.54, 1.807) is 84.9 Å².